The standard InChI is InChI=1S/C26H35NO9/c1-2-33-26(29)19-4-3-7-27(17-19)18-20-16-23(28)36-24-21(20)5-6-22-25(24)35-15-13-32-11-9-30-8-10-31-12-14-34-22/h5-6,16,19H,2-4,7-15,17-18H2,1H3. The molecule has 4 rings (SSSR count). The Labute approximate surface area is 210 Å². The SMILES string of the molecule is CCOC(=O)C1CCCN(Cc2cc(=O)oc3c4c(ccc23)OCCOCCOCCOCCO4)C1. The molecule has 0 N–H and O–H groups in total. The number of fused-ring (bicyclic) bond motifs is 3. The van der Waals surface area contributed by atoms with E-state index in [1.807, 2.05) is 19.1 Å². The lowest BCUT2D eigenvalue weighted by Gasteiger charge is -2.31. The van der Waals surface area contributed by atoms with Gasteiger partial charge in [0, 0.05) is 24.5 Å². The molecule has 1 atom stereocenters. The zero-order valence-electron chi connectivity index (χ0n) is 20.8. The van der Waals surface area contributed by atoms with Gasteiger partial charge in [-0.25, -0.2) is 4.79 Å². The van der Waals surface area contributed by atoms with Crippen LogP contribution in [0.1, 0.15) is 25.3 Å². The molecule has 1 saturated heterocycles. The van der Waals surface area contributed by atoms with Gasteiger partial charge in [0.25, 0.3) is 0 Å². The molecule has 36 heavy (non-hydrogen) atoms. The predicted octanol–water partition coefficient (Wildman–Crippen LogP) is 2.39. The van der Waals surface area contributed by atoms with Gasteiger partial charge in [0.2, 0.25) is 5.75 Å². The predicted molar refractivity (Wildman–Crippen MR) is 131 cm³/mol. The van der Waals surface area contributed by atoms with Crippen LogP contribution >= 0.6 is 0 Å². The molecule has 1 aromatic carbocycles. The molecule has 1 aromatic heterocycles. The molecule has 10 nitrogen and oxygen atoms in total. The van der Waals surface area contributed by atoms with Crippen LogP contribution in [0.5, 0.6) is 11.5 Å². The van der Waals surface area contributed by atoms with E-state index in [4.69, 9.17) is 32.8 Å². The average molecular weight is 506 g/mol. The van der Waals surface area contributed by atoms with E-state index in [0.29, 0.717) is 83.0 Å². The van der Waals surface area contributed by atoms with Gasteiger partial charge < -0.3 is 32.8 Å². The molecule has 0 spiro atoms. The molecule has 0 bridgehead atoms. The number of piperidine rings is 1. The van der Waals surface area contributed by atoms with Gasteiger partial charge in [-0.05, 0) is 44.0 Å². The summed E-state index contributed by atoms with van der Waals surface area (Å²) in [5.41, 5.74) is 0.674. The molecule has 2 aromatic rings. The fourth-order valence-corrected chi connectivity index (χ4v) is 4.48. The summed E-state index contributed by atoms with van der Waals surface area (Å²) in [6.07, 6.45) is 1.70. The van der Waals surface area contributed by atoms with Crippen LogP contribution in [0.25, 0.3) is 11.0 Å². The summed E-state index contributed by atoms with van der Waals surface area (Å²) in [6.45, 7) is 7.31. The maximum Gasteiger partial charge on any atom is 0.336 e. The first-order valence-electron chi connectivity index (χ1n) is 12.6. The molecule has 2 aliphatic heterocycles. The number of nitrogens with zero attached hydrogens (tertiary/aromatic N) is 1. The van der Waals surface area contributed by atoms with Crippen LogP contribution in [0.3, 0.4) is 0 Å². The first-order chi connectivity index (χ1) is 17.7. The number of hydrogen-bond acceptors (Lipinski definition) is 10. The van der Waals surface area contributed by atoms with E-state index in [0.717, 1.165) is 30.3 Å². The number of ether oxygens (including phenoxy) is 6. The number of benzene rings is 1. The Kier molecular flexibility index (Phi) is 9.97. The van der Waals surface area contributed by atoms with Crippen LogP contribution in [-0.2, 0) is 30.3 Å². The average Bonchev–Trinajstić information content (AvgIpc) is 2.88. The lowest BCUT2D eigenvalue weighted by Crippen LogP contribution is -2.39. The molecule has 3 heterocycles. The second-order valence-corrected chi connectivity index (χ2v) is 8.72. The van der Waals surface area contributed by atoms with E-state index in [1.165, 1.54) is 6.07 Å². The Morgan fingerprint density at radius 1 is 1.00 bits per heavy atom. The molecule has 1 unspecified atom stereocenters. The lowest BCUT2D eigenvalue weighted by molar-refractivity contribution is -0.150. The van der Waals surface area contributed by atoms with Crippen molar-refractivity contribution in [3.63, 3.8) is 0 Å². The highest BCUT2D eigenvalue weighted by Gasteiger charge is 2.27. The fraction of sp³-hybridized carbons (Fsp3) is 0.615. The Balaban J connectivity index is 1.57. The lowest BCUT2D eigenvalue weighted by atomic mass is 9.97. The first-order valence-corrected chi connectivity index (χ1v) is 12.6. The molecular formula is C26H35NO9. The summed E-state index contributed by atoms with van der Waals surface area (Å²) in [6, 6.07) is 5.20. The van der Waals surface area contributed by atoms with Gasteiger partial charge in [0.1, 0.15) is 13.2 Å². The minimum atomic E-state index is -0.471. The van der Waals surface area contributed by atoms with Crippen LogP contribution < -0.4 is 15.1 Å². The van der Waals surface area contributed by atoms with E-state index < -0.39 is 5.63 Å². The zero-order valence-corrected chi connectivity index (χ0v) is 20.8. The van der Waals surface area contributed by atoms with E-state index in [-0.39, 0.29) is 18.5 Å². The second kappa shape index (κ2) is 13.6. The number of carbonyl (C=O) groups excluding carboxylic acids is 1. The van der Waals surface area contributed by atoms with Crippen LogP contribution in [-0.4, -0.2) is 83.4 Å². The monoisotopic (exact) mass is 505 g/mol. The summed E-state index contributed by atoms with van der Waals surface area (Å²) in [7, 11) is 0. The van der Waals surface area contributed by atoms with Crippen molar-refractivity contribution in [3.05, 3.63) is 34.2 Å². The van der Waals surface area contributed by atoms with Crippen LogP contribution in [0.4, 0.5) is 0 Å². The minimum absolute atomic E-state index is 0.160. The van der Waals surface area contributed by atoms with Crippen molar-refractivity contribution in [2.45, 2.75) is 26.3 Å². The Morgan fingerprint density at radius 3 is 2.42 bits per heavy atom. The third-order valence-corrected chi connectivity index (χ3v) is 6.14. The minimum Gasteiger partial charge on any atom is -0.487 e. The normalized spacial score (nSPS) is 20.9. The Hall–Kier alpha value is -2.66. The van der Waals surface area contributed by atoms with E-state index in [2.05, 4.69) is 4.90 Å². The van der Waals surface area contributed by atoms with Gasteiger partial charge in [-0.15, -0.1) is 0 Å². The molecule has 0 aliphatic carbocycles. The van der Waals surface area contributed by atoms with Crippen molar-refractivity contribution in [1.29, 1.82) is 0 Å². The molecular weight excluding hydrogens is 470 g/mol. The van der Waals surface area contributed by atoms with E-state index in [1.54, 1.807) is 0 Å². The summed E-state index contributed by atoms with van der Waals surface area (Å²) >= 11 is 0. The number of likely N-dealkylation sites (tertiary alicyclic amines) is 1. The van der Waals surface area contributed by atoms with Gasteiger partial charge in [-0.3, -0.25) is 9.69 Å². The van der Waals surface area contributed by atoms with Gasteiger partial charge in [-0.1, -0.05) is 0 Å². The van der Waals surface area contributed by atoms with Gasteiger partial charge in [-0.2, -0.15) is 0 Å². The van der Waals surface area contributed by atoms with Crippen LogP contribution in [0.2, 0.25) is 0 Å². The molecule has 1 fully saturated rings. The second-order valence-electron chi connectivity index (χ2n) is 8.72. The quantitative estimate of drug-likeness (QED) is 0.454. The van der Waals surface area contributed by atoms with Crippen molar-refractivity contribution in [2.24, 2.45) is 5.92 Å². The fourth-order valence-electron chi connectivity index (χ4n) is 4.48. The summed E-state index contributed by atoms with van der Waals surface area (Å²) in [5, 5.41) is 0.763. The van der Waals surface area contributed by atoms with Crippen molar-refractivity contribution in [1.82, 2.24) is 4.90 Å². The topological polar surface area (TPSA) is 106 Å². The highest BCUT2D eigenvalue weighted by molar-refractivity contribution is 5.88. The molecule has 0 saturated carbocycles. The maximum atomic E-state index is 12.6. The van der Waals surface area contributed by atoms with Crippen molar-refractivity contribution in [2.75, 3.05) is 72.6 Å². The van der Waals surface area contributed by atoms with Gasteiger partial charge >= 0.3 is 11.6 Å². The molecule has 0 radical (unpaired) electrons. The first kappa shape index (κ1) is 26.4. The largest absolute Gasteiger partial charge is 0.487 e. The van der Waals surface area contributed by atoms with Crippen molar-refractivity contribution >= 4 is 16.9 Å². The van der Waals surface area contributed by atoms with Gasteiger partial charge in [0.15, 0.2) is 11.3 Å². The highest BCUT2D eigenvalue weighted by atomic mass is 16.6. The van der Waals surface area contributed by atoms with Crippen molar-refractivity contribution in [3.8, 4) is 11.5 Å². The molecule has 0 amide bonds. The molecule has 2 aliphatic rings. The van der Waals surface area contributed by atoms with Crippen molar-refractivity contribution < 1.29 is 37.6 Å². The maximum absolute atomic E-state index is 12.6. The van der Waals surface area contributed by atoms with Crippen LogP contribution in [0, 0.1) is 5.92 Å². The molecule has 10 heteroatoms. The highest BCUT2D eigenvalue weighted by Crippen LogP contribution is 2.37. The van der Waals surface area contributed by atoms with E-state index in [9.17, 15) is 9.59 Å². The number of carbonyl (C=O) groups is 1. The molecule has 198 valence electrons. The number of esters is 1. The third kappa shape index (κ3) is 7.19. The number of rotatable bonds is 4. The zero-order chi connectivity index (χ0) is 25.2. The Morgan fingerprint density at radius 2 is 1.69 bits per heavy atom. The van der Waals surface area contributed by atoms with E-state index >= 15 is 0 Å². The van der Waals surface area contributed by atoms with Crippen LogP contribution in [0.15, 0.2) is 27.4 Å². The Bertz CT molecular complexity index is 1050. The summed E-state index contributed by atoms with van der Waals surface area (Å²) in [5.74, 6) is 0.514. The third-order valence-electron chi connectivity index (χ3n) is 6.14. The summed E-state index contributed by atoms with van der Waals surface area (Å²) < 4.78 is 39.3. The smallest absolute Gasteiger partial charge is 0.336 e. The number of hydrogen-bond donors (Lipinski definition) is 0. The summed E-state index contributed by atoms with van der Waals surface area (Å²) in [4.78, 5) is 27.0. The van der Waals surface area contributed by atoms with Gasteiger partial charge in [0.05, 0.1) is 52.2 Å².